The summed E-state index contributed by atoms with van der Waals surface area (Å²) in [6, 6.07) is 0. The molecule has 3 unspecified atom stereocenters. The number of aliphatic hydroxyl groups is 2. The Morgan fingerprint density at radius 3 is 2.28 bits per heavy atom. The van der Waals surface area contributed by atoms with E-state index in [-0.39, 0.29) is 5.95 Å². The molecule has 21 heteroatoms. The lowest BCUT2D eigenvalue weighted by atomic mass is 10.1. The molecule has 0 bridgehead atoms. The molecule has 0 aromatic carbocycles. The molecule has 2 rings (SSSR count). The highest BCUT2D eigenvalue weighted by atomic mass is 31.3. The van der Waals surface area contributed by atoms with Crippen LogP contribution in [0.5, 0.6) is 0 Å². The van der Waals surface area contributed by atoms with Crippen LogP contribution in [0, 0.1) is 0 Å². The van der Waals surface area contributed by atoms with Gasteiger partial charge in [-0.1, -0.05) is 0 Å². The highest BCUT2D eigenvalue weighted by Gasteiger charge is 2.46. The molecule has 8 N–H and O–H groups in total. The van der Waals surface area contributed by atoms with E-state index in [4.69, 9.17) is 25.2 Å². The van der Waals surface area contributed by atoms with Gasteiger partial charge in [0.2, 0.25) is 5.95 Å². The molecule has 29 heavy (non-hydrogen) atoms. The second kappa shape index (κ2) is 8.56. The van der Waals surface area contributed by atoms with Crippen molar-refractivity contribution in [3.63, 3.8) is 0 Å². The predicted molar refractivity (Wildman–Crippen MR) is 86.4 cm³/mol. The number of ether oxygens (including phenoxy) is 1. The van der Waals surface area contributed by atoms with Crippen LogP contribution < -0.4 is 11.4 Å². The van der Waals surface area contributed by atoms with Gasteiger partial charge in [-0.2, -0.15) is 13.6 Å². The Morgan fingerprint density at radius 1 is 1.10 bits per heavy atom. The lowest BCUT2D eigenvalue weighted by Gasteiger charge is -2.19. The van der Waals surface area contributed by atoms with E-state index in [0.29, 0.717) is 4.57 Å². The SMILES string of the molecule is Nc1ncn([C@@H]2O[C@H](COP(=O)(O)OP(=O)(O)OP(=O)(O)O)C(O)[C@@H]2O)c(=O)n1. The fraction of sp³-hybridized carbons (Fsp3) is 0.625. The highest BCUT2D eigenvalue weighted by Crippen LogP contribution is 2.66. The molecule has 18 nitrogen and oxygen atoms in total. The van der Waals surface area contributed by atoms with Crippen molar-refractivity contribution < 1.29 is 61.4 Å². The minimum atomic E-state index is -5.72. The van der Waals surface area contributed by atoms with Crippen molar-refractivity contribution in [2.24, 2.45) is 0 Å². The van der Waals surface area contributed by atoms with Gasteiger partial charge in [-0.05, 0) is 0 Å². The molecule has 0 saturated carbocycles. The molecule has 2 heterocycles. The third-order valence-electron chi connectivity index (χ3n) is 3.17. The molecular weight excluding hydrogens is 469 g/mol. The van der Waals surface area contributed by atoms with E-state index in [1.54, 1.807) is 0 Å². The molecule has 1 aromatic heterocycles. The molecule has 1 saturated heterocycles. The minimum absolute atomic E-state index is 0.372. The third kappa shape index (κ3) is 6.70. The number of phosphoric acid groups is 3. The van der Waals surface area contributed by atoms with Crippen molar-refractivity contribution in [2.75, 3.05) is 12.3 Å². The Bertz CT molecular complexity index is 947. The Morgan fingerprint density at radius 2 is 1.72 bits per heavy atom. The maximum atomic E-state index is 11.8. The van der Waals surface area contributed by atoms with Crippen molar-refractivity contribution in [1.82, 2.24) is 14.5 Å². The van der Waals surface area contributed by atoms with Crippen LogP contribution in [0.25, 0.3) is 0 Å². The van der Waals surface area contributed by atoms with Crippen LogP contribution in [-0.2, 0) is 31.6 Å². The summed E-state index contributed by atoms with van der Waals surface area (Å²) >= 11 is 0. The summed E-state index contributed by atoms with van der Waals surface area (Å²) in [5.74, 6) is -0.372. The van der Waals surface area contributed by atoms with E-state index < -0.39 is 60.3 Å². The first-order valence-electron chi connectivity index (χ1n) is 7.11. The van der Waals surface area contributed by atoms with Gasteiger partial charge in [0.05, 0.1) is 6.61 Å². The molecule has 6 atom stereocenters. The van der Waals surface area contributed by atoms with E-state index in [9.17, 15) is 33.6 Å². The largest absolute Gasteiger partial charge is 0.490 e. The monoisotopic (exact) mass is 484 g/mol. The Hall–Kier alpha value is -1.10. The second-order valence-corrected chi connectivity index (χ2v) is 9.76. The van der Waals surface area contributed by atoms with E-state index in [0.717, 1.165) is 6.33 Å². The summed E-state index contributed by atoms with van der Waals surface area (Å²) in [7, 11) is -16.8. The molecule has 1 aliphatic rings. The van der Waals surface area contributed by atoms with Crippen LogP contribution >= 0.6 is 23.5 Å². The topological polar surface area (TPSA) is 283 Å². The molecule has 1 aromatic rings. The molecular formula is C8H15N4O14P3. The molecule has 1 aliphatic heterocycles. The Balaban J connectivity index is 2.05. The fourth-order valence-corrected chi connectivity index (χ4v) is 5.13. The predicted octanol–water partition coefficient (Wildman–Crippen LogP) is -2.82. The van der Waals surface area contributed by atoms with Crippen molar-refractivity contribution in [1.29, 1.82) is 0 Å². The van der Waals surface area contributed by atoms with Crippen molar-refractivity contribution in [2.45, 2.75) is 24.5 Å². The van der Waals surface area contributed by atoms with Crippen molar-refractivity contribution in [3.8, 4) is 0 Å². The van der Waals surface area contributed by atoms with Gasteiger partial charge in [0.15, 0.2) is 6.23 Å². The van der Waals surface area contributed by atoms with Crippen LogP contribution in [-0.4, -0.2) is 69.2 Å². The summed E-state index contributed by atoms with van der Waals surface area (Å²) in [5.41, 5.74) is 4.22. The normalized spacial score (nSPS) is 29.3. The molecule has 0 radical (unpaired) electrons. The first-order chi connectivity index (χ1) is 13.1. The maximum absolute atomic E-state index is 11.8. The van der Waals surface area contributed by atoms with Gasteiger partial charge in [-0.3, -0.25) is 9.09 Å². The number of rotatable bonds is 8. The van der Waals surface area contributed by atoms with Gasteiger partial charge in [0, 0.05) is 0 Å². The lowest BCUT2D eigenvalue weighted by Crippen LogP contribution is -2.36. The fourth-order valence-electron chi connectivity index (χ4n) is 2.10. The first kappa shape index (κ1) is 24.2. The molecule has 1 fully saturated rings. The average Bonchev–Trinajstić information content (AvgIpc) is 2.78. The van der Waals surface area contributed by atoms with Crippen LogP contribution in [0.1, 0.15) is 6.23 Å². The highest BCUT2D eigenvalue weighted by molar-refractivity contribution is 7.66. The van der Waals surface area contributed by atoms with E-state index in [1.165, 1.54) is 0 Å². The number of aromatic nitrogens is 3. The molecule has 0 amide bonds. The average molecular weight is 484 g/mol. The summed E-state index contributed by atoms with van der Waals surface area (Å²) in [5, 5.41) is 19.9. The minimum Gasteiger partial charge on any atom is -0.387 e. The summed E-state index contributed by atoms with van der Waals surface area (Å²) in [6.45, 7) is -1.04. The zero-order chi connectivity index (χ0) is 22.2. The number of nitrogen functional groups attached to an aromatic ring is 1. The van der Waals surface area contributed by atoms with Gasteiger partial charge < -0.3 is 40.3 Å². The van der Waals surface area contributed by atoms with Gasteiger partial charge in [-0.15, -0.1) is 0 Å². The summed E-state index contributed by atoms with van der Waals surface area (Å²) in [6.07, 6.45) is -5.79. The maximum Gasteiger partial charge on any atom is 0.490 e. The number of nitrogens with two attached hydrogens (primary N) is 1. The quantitative estimate of drug-likeness (QED) is 0.183. The van der Waals surface area contributed by atoms with Gasteiger partial charge in [0.1, 0.15) is 24.6 Å². The van der Waals surface area contributed by atoms with E-state index in [2.05, 4.69) is 23.1 Å². The smallest absolute Gasteiger partial charge is 0.387 e. The third-order valence-corrected chi connectivity index (χ3v) is 6.98. The van der Waals surface area contributed by atoms with Crippen LogP contribution in [0.2, 0.25) is 0 Å². The van der Waals surface area contributed by atoms with Crippen LogP contribution in [0.3, 0.4) is 0 Å². The number of hydrogen-bond acceptors (Lipinski definition) is 13. The second-order valence-electron chi connectivity index (χ2n) is 5.34. The standard InChI is InChI=1S/C8H15N4O14P3/c9-7-10-2-12(8(15)11-7)6-5(14)4(13)3(24-6)1-23-28(19,20)26-29(21,22)25-27(16,17)18/h2-6,13-14H,1H2,(H,19,20)(H,21,22)(H2,9,11,15)(H2,16,17,18)/t3-,4?,5+,6-/m1/s1. The van der Waals surface area contributed by atoms with Crippen molar-refractivity contribution in [3.05, 3.63) is 16.8 Å². The lowest BCUT2D eigenvalue weighted by molar-refractivity contribution is -0.0546. The first-order valence-corrected chi connectivity index (χ1v) is 11.6. The van der Waals surface area contributed by atoms with Crippen LogP contribution in [0.15, 0.2) is 11.1 Å². The molecule has 0 spiro atoms. The van der Waals surface area contributed by atoms with E-state index >= 15 is 0 Å². The van der Waals surface area contributed by atoms with Crippen molar-refractivity contribution >= 4 is 29.4 Å². The van der Waals surface area contributed by atoms with Crippen LogP contribution in [0.4, 0.5) is 5.95 Å². The Labute approximate surface area is 159 Å². The number of nitrogens with zero attached hydrogens (tertiary/aromatic N) is 3. The number of aliphatic hydroxyl groups excluding tert-OH is 2. The van der Waals surface area contributed by atoms with Gasteiger partial charge in [-0.25, -0.2) is 23.5 Å². The zero-order valence-corrected chi connectivity index (χ0v) is 16.5. The number of phosphoric ester groups is 1. The number of anilines is 1. The summed E-state index contributed by atoms with van der Waals surface area (Å²) < 4.78 is 50.6. The van der Waals surface area contributed by atoms with Gasteiger partial charge in [0.25, 0.3) is 0 Å². The molecule has 166 valence electrons. The number of hydrogen-bond donors (Lipinski definition) is 7. The van der Waals surface area contributed by atoms with E-state index in [1.807, 2.05) is 0 Å². The summed E-state index contributed by atoms with van der Waals surface area (Å²) in [4.78, 5) is 53.8. The molecule has 0 aliphatic carbocycles. The Kier molecular flexibility index (Phi) is 7.14. The zero-order valence-electron chi connectivity index (χ0n) is 13.8. The van der Waals surface area contributed by atoms with Gasteiger partial charge >= 0.3 is 29.2 Å².